The van der Waals surface area contributed by atoms with Crippen molar-refractivity contribution in [3.63, 3.8) is 0 Å². The van der Waals surface area contributed by atoms with Gasteiger partial charge in [0, 0.05) is 22.4 Å². The average Bonchev–Trinajstić information content (AvgIpc) is 2.89. The first kappa shape index (κ1) is 13.6. The van der Waals surface area contributed by atoms with Crippen LogP contribution >= 0.6 is 27.3 Å². The summed E-state index contributed by atoms with van der Waals surface area (Å²) in [7, 11) is 0. The van der Waals surface area contributed by atoms with Gasteiger partial charge in [0.05, 0.1) is 12.2 Å². The number of halogens is 1. The molecule has 2 rings (SSSR count). The van der Waals surface area contributed by atoms with E-state index in [1.807, 2.05) is 0 Å². The van der Waals surface area contributed by atoms with E-state index in [0.29, 0.717) is 6.54 Å². The molecule has 0 saturated carbocycles. The van der Waals surface area contributed by atoms with Crippen molar-refractivity contribution in [3.8, 4) is 0 Å². The second-order valence-corrected chi connectivity index (χ2v) is 5.97. The van der Waals surface area contributed by atoms with E-state index in [9.17, 15) is 0 Å². The lowest BCUT2D eigenvalue weighted by Gasteiger charge is -2.24. The largest absolute Gasteiger partial charge is 0.366 e. The van der Waals surface area contributed by atoms with Crippen LogP contribution in [0, 0.1) is 0 Å². The monoisotopic (exact) mass is 324 g/mol. The van der Waals surface area contributed by atoms with Gasteiger partial charge in [-0.3, -0.25) is 0 Å². The van der Waals surface area contributed by atoms with Crippen LogP contribution in [0.3, 0.4) is 0 Å². The van der Waals surface area contributed by atoms with Gasteiger partial charge in [-0.05, 0) is 52.0 Å². The number of hydrogen-bond acceptors (Lipinski definition) is 3. The quantitative estimate of drug-likeness (QED) is 0.900. The highest BCUT2D eigenvalue weighted by Gasteiger charge is 2.10. The van der Waals surface area contributed by atoms with Crippen LogP contribution in [-0.2, 0) is 13.1 Å². The molecule has 96 valence electrons. The lowest BCUT2D eigenvalue weighted by atomic mass is 10.2. The lowest BCUT2D eigenvalue weighted by molar-refractivity contribution is 0.839. The third-order valence-corrected chi connectivity index (χ3v) is 4.39. The first-order chi connectivity index (χ1) is 8.74. The van der Waals surface area contributed by atoms with Gasteiger partial charge in [0.25, 0.3) is 0 Å². The maximum atomic E-state index is 5.65. The normalized spacial score (nSPS) is 10.6. The lowest BCUT2D eigenvalue weighted by Crippen LogP contribution is -2.21. The topological polar surface area (TPSA) is 29.3 Å². The summed E-state index contributed by atoms with van der Waals surface area (Å²) >= 11 is 5.44. The molecule has 0 spiro atoms. The minimum Gasteiger partial charge on any atom is -0.366 e. The summed E-state index contributed by atoms with van der Waals surface area (Å²) in [5, 5.41) is 2.12. The third-order valence-electron chi connectivity index (χ3n) is 2.90. The smallest absolute Gasteiger partial charge is 0.0523 e. The summed E-state index contributed by atoms with van der Waals surface area (Å²) in [6, 6.07) is 10.6. The second kappa shape index (κ2) is 6.36. The van der Waals surface area contributed by atoms with Gasteiger partial charge in [-0.25, -0.2) is 0 Å². The number of rotatable bonds is 5. The number of hydrogen-bond donors (Lipinski definition) is 1. The molecule has 18 heavy (non-hydrogen) atoms. The minimum atomic E-state index is 0.579. The van der Waals surface area contributed by atoms with Crippen LogP contribution in [-0.4, -0.2) is 6.54 Å². The van der Waals surface area contributed by atoms with Crippen molar-refractivity contribution < 1.29 is 0 Å². The molecule has 1 heterocycles. The highest BCUT2D eigenvalue weighted by atomic mass is 79.9. The van der Waals surface area contributed by atoms with Gasteiger partial charge in [0.1, 0.15) is 0 Å². The van der Waals surface area contributed by atoms with E-state index in [1.54, 1.807) is 11.3 Å². The zero-order chi connectivity index (χ0) is 13.0. The Bertz CT molecular complexity index is 497. The predicted molar refractivity (Wildman–Crippen MR) is 83.1 cm³/mol. The zero-order valence-electron chi connectivity index (χ0n) is 10.4. The Morgan fingerprint density at radius 2 is 2.17 bits per heavy atom. The van der Waals surface area contributed by atoms with E-state index in [0.717, 1.165) is 23.1 Å². The molecular weight excluding hydrogens is 308 g/mol. The average molecular weight is 325 g/mol. The maximum Gasteiger partial charge on any atom is 0.0523 e. The molecule has 0 amide bonds. The highest BCUT2D eigenvalue weighted by Crippen LogP contribution is 2.29. The number of thiophene rings is 1. The number of benzene rings is 1. The minimum absolute atomic E-state index is 0.579. The molecule has 1 aromatic carbocycles. The maximum absolute atomic E-state index is 5.65. The van der Waals surface area contributed by atoms with E-state index < -0.39 is 0 Å². The Morgan fingerprint density at radius 1 is 1.33 bits per heavy atom. The van der Waals surface area contributed by atoms with Gasteiger partial charge in [-0.1, -0.05) is 12.1 Å². The van der Waals surface area contributed by atoms with E-state index in [4.69, 9.17) is 5.73 Å². The molecule has 0 unspecified atom stereocenters. The van der Waals surface area contributed by atoms with E-state index in [1.165, 1.54) is 10.6 Å². The summed E-state index contributed by atoms with van der Waals surface area (Å²) in [6.07, 6.45) is 0. The molecule has 1 aromatic heterocycles. The molecule has 2 nitrogen and oxygen atoms in total. The fourth-order valence-electron chi connectivity index (χ4n) is 1.89. The van der Waals surface area contributed by atoms with Gasteiger partial charge < -0.3 is 10.6 Å². The Morgan fingerprint density at radius 3 is 2.72 bits per heavy atom. The summed E-state index contributed by atoms with van der Waals surface area (Å²) in [4.78, 5) is 3.74. The Labute approximate surface area is 121 Å². The molecule has 0 aliphatic heterocycles. The van der Waals surface area contributed by atoms with Gasteiger partial charge >= 0.3 is 0 Å². The van der Waals surface area contributed by atoms with Crippen molar-refractivity contribution in [1.82, 2.24) is 0 Å². The molecular formula is C14H17BrN2S. The van der Waals surface area contributed by atoms with Crippen LogP contribution in [0.15, 0.2) is 40.2 Å². The molecule has 0 bridgehead atoms. The fraction of sp³-hybridized carbons (Fsp3) is 0.286. The zero-order valence-corrected chi connectivity index (χ0v) is 12.8. The number of nitrogens with zero attached hydrogens (tertiary/aromatic N) is 1. The molecule has 0 atom stereocenters. The van der Waals surface area contributed by atoms with Crippen LogP contribution in [0.25, 0.3) is 0 Å². The standard InChI is InChI=1S/C14H17BrN2S/c1-2-17(10-12-4-3-7-18-12)14-6-5-11(9-16)8-13(14)15/h3-8H,2,9-10,16H2,1H3. The summed E-state index contributed by atoms with van der Waals surface area (Å²) in [5.74, 6) is 0. The van der Waals surface area contributed by atoms with Crippen molar-refractivity contribution in [3.05, 3.63) is 50.6 Å². The molecule has 0 aliphatic rings. The number of anilines is 1. The van der Waals surface area contributed by atoms with Crippen LogP contribution < -0.4 is 10.6 Å². The summed E-state index contributed by atoms with van der Waals surface area (Å²) in [5.41, 5.74) is 8.03. The predicted octanol–water partition coefficient (Wildman–Crippen LogP) is 4.00. The highest BCUT2D eigenvalue weighted by molar-refractivity contribution is 9.10. The molecule has 0 aliphatic carbocycles. The third kappa shape index (κ3) is 3.13. The summed E-state index contributed by atoms with van der Waals surface area (Å²) in [6.45, 7) is 4.69. The van der Waals surface area contributed by atoms with Crippen molar-refractivity contribution in [2.75, 3.05) is 11.4 Å². The van der Waals surface area contributed by atoms with Gasteiger partial charge in [-0.2, -0.15) is 0 Å². The summed E-state index contributed by atoms with van der Waals surface area (Å²) < 4.78 is 1.11. The van der Waals surface area contributed by atoms with Crippen molar-refractivity contribution in [2.45, 2.75) is 20.0 Å². The molecule has 0 radical (unpaired) electrons. The van der Waals surface area contributed by atoms with Gasteiger partial charge in [-0.15, -0.1) is 11.3 Å². The van der Waals surface area contributed by atoms with Gasteiger partial charge in [0.2, 0.25) is 0 Å². The van der Waals surface area contributed by atoms with E-state index in [-0.39, 0.29) is 0 Å². The Balaban J connectivity index is 2.22. The van der Waals surface area contributed by atoms with Gasteiger partial charge in [0.15, 0.2) is 0 Å². The van der Waals surface area contributed by atoms with Crippen molar-refractivity contribution in [2.24, 2.45) is 5.73 Å². The molecule has 4 heteroatoms. The Hall–Kier alpha value is -0.840. The van der Waals surface area contributed by atoms with Crippen LogP contribution in [0.5, 0.6) is 0 Å². The Kier molecular flexibility index (Phi) is 4.80. The SMILES string of the molecule is CCN(Cc1cccs1)c1ccc(CN)cc1Br. The van der Waals surface area contributed by atoms with E-state index >= 15 is 0 Å². The fourth-order valence-corrected chi connectivity index (χ4v) is 3.29. The molecule has 0 saturated heterocycles. The van der Waals surface area contributed by atoms with Crippen molar-refractivity contribution in [1.29, 1.82) is 0 Å². The van der Waals surface area contributed by atoms with Crippen LogP contribution in [0.1, 0.15) is 17.4 Å². The number of nitrogens with two attached hydrogens (primary N) is 1. The molecule has 2 aromatic rings. The van der Waals surface area contributed by atoms with Crippen LogP contribution in [0.2, 0.25) is 0 Å². The van der Waals surface area contributed by atoms with Crippen LogP contribution in [0.4, 0.5) is 5.69 Å². The van der Waals surface area contributed by atoms with Crippen molar-refractivity contribution >= 4 is 33.0 Å². The second-order valence-electron chi connectivity index (χ2n) is 4.08. The molecule has 0 fully saturated rings. The first-order valence-electron chi connectivity index (χ1n) is 6.00. The molecule has 2 N–H and O–H groups in total. The van der Waals surface area contributed by atoms with E-state index in [2.05, 4.69) is 63.5 Å². The first-order valence-corrected chi connectivity index (χ1v) is 7.67.